The minimum absolute atomic E-state index is 0.00983. The number of nitrogens with zero attached hydrogens (tertiary/aromatic N) is 1. The van der Waals surface area contributed by atoms with Gasteiger partial charge in [0.25, 0.3) is 0 Å². The van der Waals surface area contributed by atoms with Crippen molar-refractivity contribution in [2.24, 2.45) is 0 Å². The van der Waals surface area contributed by atoms with Gasteiger partial charge in [-0.25, -0.2) is 8.42 Å². The van der Waals surface area contributed by atoms with E-state index in [0.29, 0.717) is 10.7 Å². The zero-order valence-corrected chi connectivity index (χ0v) is 15.6. The van der Waals surface area contributed by atoms with E-state index in [-0.39, 0.29) is 24.9 Å². The van der Waals surface area contributed by atoms with E-state index in [9.17, 15) is 13.2 Å². The molecule has 2 rings (SSSR count). The summed E-state index contributed by atoms with van der Waals surface area (Å²) in [5.41, 5.74) is 0.546. The first kappa shape index (κ1) is 19.2. The molecule has 1 aliphatic rings. The van der Waals surface area contributed by atoms with E-state index in [4.69, 9.17) is 11.6 Å². The van der Waals surface area contributed by atoms with Crippen LogP contribution in [0.25, 0.3) is 0 Å². The van der Waals surface area contributed by atoms with Gasteiger partial charge in [-0.15, -0.1) is 0 Å². The Morgan fingerprint density at radius 3 is 2.42 bits per heavy atom. The van der Waals surface area contributed by atoms with Gasteiger partial charge in [0.2, 0.25) is 15.9 Å². The third kappa shape index (κ3) is 5.76. The van der Waals surface area contributed by atoms with Crippen molar-refractivity contribution >= 4 is 33.2 Å². The smallest absolute Gasteiger partial charge is 0.225 e. The molecule has 1 aromatic rings. The predicted molar refractivity (Wildman–Crippen MR) is 97.7 cm³/mol. The van der Waals surface area contributed by atoms with Gasteiger partial charge in [0.15, 0.2) is 0 Å². The van der Waals surface area contributed by atoms with Crippen LogP contribution in [0.5, 0.6) is 0 Å². The Kier molecular flexibility index (Phi) is 7.07. The first-order chi connectivity index (χ1) is 11.4. The lowest BCUT2D eigenvalue weighted by Gasteiger charge is -2.28. The third-order valence-corrected chi connectivity index (χ3v) is 6.03. The molecule has 1 saturated carbocycles. The molecule has 0 saturated heterocycles. The minimum Gasteiger partial charge on any atom is -0.325 e. The van der Waals surface area contributed by atoms with E-state index in [2.05, 4.69) is 5.32 Å². The lowest BCUT2D eigenvalue weighted by Crippen LogP contribution is -2.41. The van der Waals surface area contributed by atoms with Crippen molar-refractivity contribution in [3.63, 3.8) is 0 Å². The van der Waals surface area contributed by atoms with Gasteiger partial charge in [0.05, 0.1) is 17.0 Å². The van der Waals surface area contributed by atoms with Crippen molar-refractivity contribution < 1.29 is 13.2 Å². The molecule has 1 N–H and O–H groups in total. The number of hydrogen-bond acceptors (Lipinski definition) is 3. The maximum Gasteiger partial charge on any atom is 0.225 e. The number of halogens is 1. The summed E-state index contributed by atoms with van der Waals surface area (Å²) in [7, 11) is -3.33. The summed E-state index contributed by atoms with van der Waals surface area (Å²) in [5.74, 6) is -0.231. The fourth-order valence-corrected chi connectivity index (χ4v) is 4.51. The van der Waals surface area contributed by atoms with Crippen LogP contribution in [-0.2, 0) is 14.8 Å². The SMILES string of the molecule is CS(=O)(=O)N(CCC(=O)Nc1ccccc1Cl)C1CCCCCC1. The molecule has 24 heavy (non-hydrogen) atoms. The number of hydrogen-bond donors (Lipinski definition) is 1. The zero-order chi connectivity index (χ0) is 17.6. The van der Waals surface area contributed by atoms with Gasteiger partial charge < -0.3 is 5.32 Å². The van der Waals surface area contributed by atoms with Gasteiger partial charge in [-0.1, -0.05) is 49.4 Å². The van der Waals surface area contributed by atoms with Gasteiger partial charge in [0.1, 0.15) is 0 Å². The van der Waals surface area contributed by atoms with Crippen LogP contribution >= 0.6 is 11.6 Å². The number of carbonyl (C=O) groups excluding carboxylic acids is 1. The number of anilines is 1. The highest BCUT2D eigenvalue weighted by molar-refractivity contribution is 7.88. The van der Waals surface area contributed by atoms with Crippen LogP contribution in [0.1, 0.15) is 44.9 Å². The number of rotatable bonds is 6. The summed E-state index contributed by atoms with van der Waals surface area (Å²) in [6.45, 7) is 0.208. The van der Waals surface area contributed by atoms with Gasteiger partial charge in [-0.3, -0.25) is 4.79 Å². The molecule has 1 amide bonds. The topological polar surface area (TPSA) is 66.5 Å². The van der Waals surface area contributed by atoms with E-state index in [1.807, 2.05) is 0 Å². The highest BCUT2D eigenvalue weighted by atomic mass is 35.5. The first-order valence-electron chi connectivity index (χ1n) is 8.39. The van der Waals surface area contributed by atoms with Crippen LogP contribution in [-0.4, -0.2) is 37.5 Å². The van der Waals surface area contributed by atoms with E-state index < -0.39 is 10.0 Å². The molecular formula is C17H25ClN2O3S. The second kappa shape index (κ2) is 8.83. The average molecular weight is 373 g/mol. The number of benzene rings is 1. The van der Waals surface area contributed by atoms with Crippen molar-refractivity contribution in [2.45, 2.75) is 51.0 Å². The Hall–Kier alpha value is -1.11. The molecule has 1 fully saturated rings. The summed E-state index contributed by atoms with van der Waals surface area (Å²) in [6, 6.07) is 7.01. The molecule has 5 nitrogen and oxygen atoms in total. The van der Waals surface area contributed by atoms with Gasteiger partial charge in [0, 0.05) is 19.0 Å². The van der Waals surface area contributed by atoms with Crippen LogP contribution in [0.3, 0.4) is 0 Å². The Morgan fingerprint density at radius 1 is 1.21 bits per heavy atom. The molecule has 0 spiro atoms. The highest BCUT2D eigenvalue weighted by Crippen LogP contribution is 2.24. The fourth-order valence-electron chi connectivity index (χ4n) is 3.15. The monoisotopic (exact) mass is 372 g/mol. The van der Waals surface area contributed by atoms with E-state index >= 15 is 0 Å². The lowest BCUT2D eigenvalue weighted by molar-refractivity contribution is -0.116. The number of carbonyl (C=O) groups is 1. The first-order valence-corrected chi connectivity index (χ1v) is 10.6. The molecule has 1 aliphatic carbocycles. The van der Waals surface area contributed by atoms with Crippen LogP contribution in [0.2, 0.25) is 5.02 Å². The van der Waals surface area contributed by atoms with Crippen LogP contribution < -0.4 is 5.32 Å². The van der Waals surface area contributed by atoms with Crippen molar-refractivity contribution in [3.8, 4) is 0 Å². The Labute approximate surface area is 149 Å². The summed E-state index contributed by atoms with van der Waals surface area (Å²) < 4.78 is 25.8. The van der Waals surface area contributed by atoms with Crippen LogP contribution in [0.4, 0.5) is 5.69 Å². The quantitative estimate of drug-likeness (QED) is 0.775. The normalized spacial score (nSPS) is 16.8. The van der Waals surface area contributed by atoms with Gasteiger partial charge in [-0.2, -0.15) is 4.31 Å². The minimum atomic E-state index is -3.33. The molecule has 134 valence electrons. The molecule has 0 atom stereocenters. The summed E-state index contributed by atoms with van der Waals surface area (Å²) >= 11 is 6.02. The molecule has 1 aromatic carbocycles. The molecule has 0 aliphatic heterocycles. The second-order valence-corrected chi connectivity index (χ2v) is 8.64. The number of para-hydroxylation sites is 1. The maximum absolute atomic E-state index is 12.2. The summed E-state index contributed by atoms with van der Waals surface area (Å²) in [6.07, 6.45) is 7.49. The standard InChI is InChI=1S/C17H25ClN2O3S/c1-24(22,23)20(14-8-4-2-3-5-9-14)13-12-17(21)19-16-11-7-6-10-15(16)18/h6-7,10-11,14H,2-5,8-9,12-13H2,1H3,(H,19,21). The molecule has 0 bridgehead atoms. The number of sulfonamides is 1. The predicted octanol–water partition coefficient (Wildman–Crippen LogP) is 3.65. The van der Waals surface area contributed by atoms with Crippen molar-refractivity contribution in [1.82, 2.24) is 4.31 Å². The number of amides is 1. The fraction of sp³-hybridized carbons (Fsp3) is 0.588. The summed E-state index contributed by atoms with van der Waals surface area (Å²) in [5, 5.41) is 3.21. The molecule has 0 heterocycles. The Balaban J connectivity index is 1.97. The van der Waals surface area contributed by atoms with Crippen LogP contribution in [0.15, 0.2) is 24.3 Å². The highest BCUT2D eigenvalue weighted by Gasteiger charge is 2.27. The van der Waals surface area contributed by atoms with E-state index in [1.165, 1.54) is 10.6 Å². The van der Waals surface area contributed by atoms with Crippen molar-refractivity contribution in [2.75, 3.05) is 18.1 Å². The second-order valence-electron chi connectivity index (χ2n) is 6.30. The molecule has 0 radical (unpaired) electrons. The molecule has 0 aromatic heterocycles. The van der Waals surface area contributed by atoms with Gasteiger partial charge >= 0.3 is 0 Å². The maximum atomic E-state index is 12.2. The van der Waals surface area contributed by atoms with E-state index in [0.717, 1.165) is 38.5 Å². The average Bonchev–Trinajstić information content (AvgIpc) is 2.77. The van der Waals surface area contributed by atoms with Crippen molar-refractivity contribution in [1.29, 1.82) is 0 Å². The Bertz CT molecular complexity index is 656. The molecular weight excluding hydrogens is 348 g/mol. The zero-order valence-electron chi connectivity index (χ0n) is 14.0. The van der Waals surface area contributed by atoms with Crippen LogP contribution in [0, 0.1) is 0 Å². The molecule has 7 heteroatoms. The largest absolute Gasteiger partial charge is 0.325 e. The third-order valence-electron chi connectivity index (χ3n) is 4.37. The molecule has 0 unspecified atom stereocenters. The van der Waals surface area contributed by atoms with Crippen molar-refractivity contribution in [3.05, 3.63) is 29.3 Å². The Morgan fingerprint density at radius 2 is 1.83 bits per heavy atom. The van der Waals surface area contributed by atoms with Gasteiger partial charge in [-0.05, 0) is 25.0 Å². The summed E-state index contributed by atoms with van der Waals surface area (Å²) in [4.78, 5) is 12.2. The van der Waals surface area contributed by atoms with E-state index in [1.54, 1.807) is 24.3 Å². The number of nitrogens with one attached hydrogen (secondary N) is 1. The lowest BCUT2D eigenvalue weighted by atomic mass is 10.1.